The summed E-state index contributed by atoms with van der Waals surface area (Å²) in [5.74, 6) is -0.0226. The lowest BCUT2D eigenvalue weighted by molar-refractivity contribution is -0.137. The molecular formula is C23H24F3N3O2S2. The van der Waals surface area contributed by atoms with Crippen molar-refractivity contribution in [2.45, 2.75) is 50.2 Å². The molecule has 4 rings (SSSR count). The van der Waals surface area contributed by atoms with Gasteiger partial charge < -0.3 is 10.6 Å². The molecule has 2 amide bonds. The van der Waals surface area contributed by atoms with E-state index in [4.69, 9.17) is 0 Å². The van der Waals surface area contributed by atoms with Crippen molar-refractivity contribution >= 4 is 41.1 Å². The van der Waals surface area contributed by atoms with E-state index in [0.717, 1.165) is 32.8 Å². The largest absolute Gasteiger partial charge is 0.443 e. The molecule has 0 aliphatic carbocycles. The van der Waals surface area contributed by atoms with E-state index in [0.29, 0.717) is 22.6 Å². The predicted molar refractivity (Wildman–Crippen MR) is 126 cm³/mol. The third-order valence-corrected chi connectivity index (χ3v) is 6.62. The number of aromatic nitrogens is 1. The minimum atomic E-state index is -4.40. The van der Waals surface area contributed by atoms with Gasteiger partial charge in [0.25, 0.3) is 5.91 Å². The summed E-state index contributed by atoms with van der Waals surface area (Å²) in [6.45, 7) is 8.19. The number of halogens is 3. The van der Waals surface area contributed by atoms with Crippen molar-refractivity contribution in [2.24, 2.45) is 0 Å². The highest BCUT2D eigenvalue weighted by Crippen LogP contribution is 2.40. The molecule has 0 unspecified atom stereocenters. The van der Waals surface area contributed by atoms with Crippen molar-refractivity contribution in [2.75, 3.05) is 5.32 Å². The Hall–Kier alpha value is -2.85. The van der Waals surface area contributed by atoms with E-state index in [1.54, 1.807) is 11.8 Å². The first-order valence-electron chi connectivity index (χ1n) is 10.1. The van der Waals surface area contributed by atoms with Crippen LogP contribution in [0, 0.1) is 13.8 Å². The summed E-state index contributed by atoms with van der Waals surface area (Å²) in [7, 11) is 0. The third-order valence-electron chi connectivity index (χ3n) is 4.44. The molecule has 10 heteroatoms. The number of amides is 2. The quantitative estimate of drug-likeness (QED) is 0.410. The Balaban J connectivity index is 0.000000228. The van der Waals surface area contributed by atoms with Crippen LogP contribution in [0.1, 0.15) is 45.2 Å². The van der Waals surface area contributed by atoms with E-state index >= 15 is 0 Å². The number of nitrogens with one attached hydrogen (secondary N) is 2. The summed E-state index contributed by atoms with van der Waals surface area (Å²) in [6.07, 6.45) is -2.87. The lowest BCUT2D eigenvalue weighted by Crippen LogP contribution is -2.12. The molecule has 1 aliphatic heterocycles. The average Bonchev–Trinajstić information content (AvgIpc) is 3.23. The monoisotopic (exact) mass is 495 g/mol. The number of alkyl halides is 3. The van der Waals surface area contributed by atoms with Crippen LogP contribution in [0.2, 0.25) is 0 Å². The Morgan fingerprint density at radius 2 is 1.79 bits per heavy atom. The van der Waals surface area contributed by atoms with Crippen LogP contribution < -0.4 is 10.6 Å². The molecule has 0 bridgehead atoms. The maximum absolute atomic E-state index is 12.2. The van der Waals surface area contributed by atoms with E-state index in [9.17, 15) is 22.8 Å². The first-order chi connectivity index (χ1) is 15.7. The second kappa shape index (κ2) is 11.9. The van der Waals surface area contributed by atoms with E-state index in [-0.39, 0.29) is 12.5 Å². The Bertz CT molecular complexity index is 1110. The molecule has 0 saturated carbocycles. The maximum Gasteiger partial charge on any atom is 0.443 e. The fourth-order valence-electron chi connectivity index (χ4n) is 2.74. The van der Waals surface area contributed by atoms with E-state index in [1.807, 2.05) is 45.0 Å². The molecule has 2 heterocycles. The molecule has 0 radical (unpaired) electrons. The number of anilines is 1. The first kappa shape index (κ1) is 26.4. The highest BCUT2D eigenvalue weighted by atomic mass is 32.2. The lowest BCUT2D eigenvalue weighted by Gasteiger charge is -2.11. The van der Waals surface area contributed by atoms with Crippen LogP contribution in [0.25, 0.3) is 0 Å². The van der Waals surface area contributed by atoms with Gasteiger partial charge in [-0.05, 0) is 43.2 Å². The fourth-order valence-corrected chi connectivity index (χ4v) is 4.56. The minimum absolute atomic E-state index is 0.0226. The topological polar surface area (TPSA) is 71.1 Å². The summed E-state index contributed by atoms with van der Waals surface area (Å²) in [5, 5.41) is 4.39. The molecule has 0 saturated heterocycles. The summed E-state index contributed by atoms with van der Waals surface area (Å²) >= 11 is 2.17. The number of nitrogens with zero attached hydrogens (tertiary/aromatic N) is 1. The third kappa shape index (κ3) is 6.82. The molecule has 3 aromatic rings. The van der Waals surface area contributed by atoms with Gasteiger partial charge in [-0.3, -0.25) is 9.59 Å². The van der Waals surface area contributed by atoms with Crippen LogP contribution in [0.5, 0.6) is 0 Å². The Morgan fingerprint density at radius 3 is 2.42 bits per heavy atom. The SMILES string of the molecule is CC.Cc1ccc2c(c1C)NC(=O)c1ccccc1S2.O=CNCc1cnc(C(F)(F)F)s1. The molecule has 0 atom stereocenters. The zero-order valence-corrected chi connectivity index (χ0v) is 20.2. The molecular weight excluding hydrogens is 471 g/mol. The maximum atomic E-state index is 12.2. The van der Waals surface area contributed by atoms with Crippen LogP contribution in [-0.2, 0) is 17.5 Å². The Labute approximate surface area is 198 Å². The number of aryl methyl sites for hydroxylation is 1. The van der Waals surface area contributed by atoms with Gasteiger partial charge in [-0.2, -0.15) is 13.2 Å². The van der Waals surface area contributed by atoms with Gasteiger partial charge in [0.1, 0.15) is 0 Å². The molecule has 5 nitrogen and oxygen atoms in total. The van der Waals surface area contributed by atoms with Crippen LogP contribution in [0.3, 0.4) is 0 Å². The summed E-state index contributed by atoms with van der Waals surface area (Å²) < 4.78 is 35.9. The van der Waals surface area contributed by atoms with Gasteiger partial charge in [-0.25, -0.2) is 4.98 Å². The summed E-state index contributed by atoms with van der Waals surface area (Å²) in [5.41, 5.74) is 4.03. The minimum Gasteiger partial charge on any atom is -0.354 e. The number of benzene rings is 2. The fraction of sp³-hybridized carbons (Fsp3) is 0.261. The normalized spacial score (nSPS) is 11.9. The summed E-state index contributed by atoms with van der Waals surface area (Å²) in [6, 6.07) is 11.9. The van der Waals surface area contributed by atoms with Crippen molar-refractivity contribution in [1.82, 2.24) is 10.3 Å². The molecule has 0 fully saturated rings. The molecule has 176 valence electrons. The molecule has 2 N–H and O–H groups in total. The van der Waals surface area contributed by atoms with Crippen molar-refractivity contribution < 1.29 is 22.8 Å². The molecule has 1 aliphatic rings. The van der Waals surface area contributed by atoms with Gasteiger partial charge in [-0.1, -0.05) is 43.8 Å². The Morgan fingerprint density at radius 1 is 1.09 bits per heavy atom. The van der Waals surface area contributed by atoms with Crippen LogP contribution >= 0.6 is 23.1 Å². The average molecular weight is 496 g/mol. The van der Waals surface area contributed by atoms with Crippen molar-refractivity contribution in [3.05, 3.63) is 69.2 Å². The smallest absolute Gasteiger partial charge is 0.354 e. The predicted octanol–water partition coefficient (Wildman–Crippen LogP) is 6.45. The van der Waals surface area contributed by atoms with Gasteiger partial charge in [0.15, 0.2) is 5.01 Å². The number of hydrogen-bond donors (Lipinski definition) is 2. The van der Waals surface area contributed by atoms with E-state index in [1.165, 1.54) is 5.56 Å². The van der Waals surface area contributed by atoms with Gasteiger partial charge in [0, 0.05) is 20.9 Å². The van der Waals surface area contributed by atoms with Crippen molar-refractivity contribution in [3.63, 3.8) is 0 Å². The number of carbonyl (C=O) groups excluding carboxylic acids is 2. The second-order valence-electron chi connectivity index (χ2n) is 6.56. The van der Waals surface area contributed by atoms with Crippen LogP contribution in [-0.4, -0.2) is 17.3 Å². The Kier molecular flexibility index (Phi) is 9.48. The van der Waals surface area contributed by atoms with Gasteiger partial charge in [0.05, 0.1) is 17.8 Å². The van der Waals surface area contributed by atoms with Crippen LogP contribution in [0.15, 0.2) is 52.4 Å². The highest BCUT2D eigenvalue weighted by molar-refractivity contribution is 7.99. The van der Waals surface area contributed by atoms with Crippen molar-refractivity contribution in [1.29, 1.82) is 0 Å². The number of hydrogen-bond acceptors (Lipinski definition) is 5. The first-order valence-corrected chi connectivity index (χ1v) is 11.7. The van der Waals surface area contributed by atoms with Gasteiger partial charge in [0.2, 0.25) is 6.41 Å². The lowest BCUT2D eigenvalue weighted by atomic mass is 10.1. The van der Waals surface area contributed by atoms with E-state index in [2.05, 4.69) is 34.7 Å². The number of rotatable bonds is 3. The zero-order valence-electron chi connectivity index (χ0n) is 18.5. The number of carbonyl (C=O) groups is 2. The molecule has 0 spiro atoms. The second-order valence-corrected chi connectivity index (χ2v) is 8.76. The summed E-state index contributed by atoms with van der Waals surface area (Å²) in [4.78, 5) is 27.7. The molecule has 2 aromatic carbocycles. The van der Waals surface area contributed by atoms with Crippen LogP contribution in [0.4, 0.5) is 18.9 Å². The van der Waals surface area contributed by atoms with Gasteiger partial charge in [-0.15, -0.1) is 11.3 Å². The zero-order chi connectivity index (χ0) is 24.6. The van der Waals surface area contributed by atoms with Gasteiger partial charge >= 0.3 is 6.18 Å². The highest BCUT2D eigenvalue weighted by Gasteiger charge is 2.34. The van der Waals surface area contributed by atoms with E-state index < -0.39 is 11.2 Å². The number of thiazole rings is 1. The standard InChI is InChI=1S/C15H13NOS.C6H5F3N2OS.C2H6/c1-9-7-8-13-14(10(9)2)16-15(17)11-5-3-4-6-12(11)18-13;7-6(8,9)5-11-2-4(13-5)1-10-3-12;1-2/h3-8H,1-2H3,(H,16,17);2-3H,1H2,(H,10,12);1-2H3. The number of fused-ring (bicyclic) bond motifs is 2. The molecule has 33 heavy (non-hydrogen) atoms. The molecule has 1 aromatic heterocycles. The van der Waals surface area contributed by atoms with Crippen molar-refractivity contribution in [3.8, 4) is 0 Å².